The summed E-state index contributed by atoms with van der Waals surface area (Å²) < 4.78 is 0. The highest BCUT2D eigenvalue weighted by Gasteiger charge is 2.18. The average Bonchev–Trinajstić information content (AvgIpc) is 2.31. The first-order valence-electron chi connectivity index (χ1n) is 7.00. The van der Waals surface area contributed by atoms with Gasteiger partial charge in [0.15, 0.2) is 0 Å². The van der Waals surface area contributed by atoms with Gasteiger partial charge < -0.3 is 15.3 Å². The Morgan fingerprint density at radius 2 is 1.84 bits per heavy atom. The summed E-state index contributed by atoms with van der Waals surface area (Å²) in [6.45, 7) is 8.63. The minimum atomic E-state index is -0.817. The lowest BCUT2D eigenvalue weighted by Crippen LogP contribution is -2.44. The molecule has 2 atom stereocenters. The van der Waals surface area contributed by atoms with Crippen LogP contribution in [0.5, 0.6) is 0 Å². The number of rotatable bonds is 8. The van der Waals surface area contributed by atoms with E-state index in [1.54, 1.807) is 11.9 Å². The van der Waals surface area contributed by atoms with Crippen molar-refractivity contribution in [2.45, 2.75) is 53.0 Å². The van der Waals surface area contributed by atoms with Crippen LogP contribution in [0.4, 0.5) is 4.79 Å². The maximum atomic E-state index is 11.9. The molecule has 112 valence electrons. The molecule has 0 saturated heterocycles. The van der Waals surface area contributed by atoms with Crippen LogP contribution in [0.15, 0.2) is 0 Å². The molecular weight excluding hydrogens is 244 g/mol. The number of nitrogens with one attached hydrogen (secondary N) is 1. The van der Waals surface area contributed by atoms with E-state index in [0.717, 1.165) is 12.8 Å². The molecule has 0 aromatic rings. The summed E-state index contributed by atoms with van der Waals surface area (Å²) in [7, 11) is 1.78. The second kappa shape index (κ2) is 8.77. The summed E-state index contributed by atoms with van der Waals surface area (Å²) in [5, 5.41) is 11.6. The summed E-state index contributed by atoms with van der Waals surface area (Å²) >= 11 is 0. The first-order valence-corrected chi connectivity index (χ1v) is 7.00. The molecule has 0 heterocycles. The fourth-order valence-corrected chi connectivity index (χ4v) is 2.00. The van der Waals surface area contributed by atoms with Gasteiger partial charge in [-0.25, -0.2) is 4.79 Å². The van der Waals surface area contributed by atoms with E-state index in [9.17, 15) is 9.59 Å². The maximum Gasteiger partial charge on any atom is 0.317 e. The van der Waals surface area contributed by atoms with Crippen molar-refractivity contribution in [3.05, 3.63) is 0 Å². The highest BCUT2D eigenvalue weighted by molar-refractivity contribution is 5.74. The van der Waals surface area contributed by atoms with Crippen LogP contribution in [0.1, 0.15) is 47.0 Å². The van der Waals surface area contributed by atoms with Crippen LogP contribution in [0.25, 0.3) is 0 Å². The summed E-state index contributed by atoms with van der Waals surface area (Å²) in [5.74, 6) is -0.279. The summed E-state index contributed by atoms with van der Waals surface area (Å²) in [5.41, 5.74) is 0. The van der Waals surface area contributed by atoms with Crippen LogP contribution in [0.3, 0.4) is 0 Å². The SMILES string of the molecule is CCC(CNC(=O)N(C)C(C)CC(C)C)CC(=O)O. The quantitative estimate of drug-likeness (QED) is 0.713. The third-order valence-electron chi connectivity index (χ3n) is 3.38. The van der Waals surface area contributed by atoms with Crippen LogP contribution in [0, 0.1) is 11.8 Å². The molecule has 5 nitrogen and oxygen atoms in total. The molecule has 0 aliphatic carbocycles. The van der Waals surface area contributed by atoms with E-state index in [2.05, 4.69) is 19.2 Å². The van der Waals surface area contributed by atoms with Gasteiger partial charge in [-0.3, -0.25) is 4.79 Å². The first kappa shape index (κ1) is 17.7. The van der Waals surface area contributed by atoms with E-state index in [-0.39, 0.29) is 24.4 Å². The molecule has 5 heteroatoms. The normalized spacial score (nSPS) is 14.0. The minimum Gasteiger partial charge on any atom is -0.481 e. The lowest BCUT2D eigenvalue weighted by Gasteiger charge is -2.27. The van der Waals surface area contributed by atoms with Crippen molar-refractivity contribution >= 4 is 12.0 Å². The molecular formula is C14H28N2O3. The standard InChI is InChI=1S/C14H28N2O3/c1-6-12(8-13(17)18)9-15-14(19)16(5)11(4)7-10(2)3/h10-12H,6-9H2,1-5H3,(H,15,19)(H,17,18). The fraction of sp³-hybridized carbons (Fsp3) is 0.857. The Kier molecular flexibility index (Phi) is 8.19. The highest BCUT2D eigenvalue weighted by Crippen LogP contribution is 2.10. The van der Waals surface area contributed by atoms with Gasteiger partial charge in [0.25, 0.3) is 0 Å². The molecule has 2 amide bonds. The zero-order valence-corrected chi connectivity index (χ0v) is 12.8. The van der Waals surface area contributed by atoms with Crippen LogP contribution < -0.4 is 5.32 Å². The van der Waals surface area contributed by atoms with Crippen LogP contribution >= 0.6 is 0 Å². The maximum absolute atomic E-state index is 11.9. The number of hydrogen-bond donors (Lipinski definition) is 2. The molecule has 0 saturated carbocycles. The zero-order valence-electron chi connectivity index (χ0n) is 12.8. The monoisotopic (exact) mass is 272 g/mol. The second-order valence-corrected chi connectivity index (χ2v) is 5.65. The summed E-state index contributed by atoms with van der Waals surface area (Å²) in [4.78, 5) is 24.3. The number of nitrogens with zero attached hydrogens (tertiary/aromatic N) is 1. The predicted molar refractivity (Wildman–Crippen MR) is 76.1 cm³/mol. The lowest BCUT2D eigenvalue weighted by atomic mass is 10.0. The molecule has 19 heavy (non-hydrogen) atoms. The van der Waals surface area contributed by atoms with Crippen molar-refractivity contribution in [3.8, 4) is 0 Å². The minimum absolute atomic E-state index is 0.00439. The van der Waals surface area contributed by atoms with Gasteiger partial charge in [0.05, 0.1) is 0 Å². The molecule has 0 bridgehead atoms. The summed E-state index contributed by atoms with van der Waals surface area (Å²) in [6.07, 6.45) is 1.80. The number of hydrogen-bond acceptors (Lipinski definition) is 2. The zero-order chi connectivity index (χ0) is 15.0. The molecule has 0 aromatic carbocycles. The molecule has 0 fully saturated rings. The van der Waals surface area contributed by atoms with E-state index >= 15 is 0 Å². The fourth-order valence-electron chi connectivity index (χ4n) is 2.00. The molecule has 2 N–H and O–H groups in total. The molecule has 0 radical (unpaired) electrons. The number of carboxylic acid groups (broad SMARTS) is 1. The van der Waals surface area contributed by atoms with Gasteiger partial charge in [0.1, 0.15) is 0 Å². The molecule has 0 spiro atoms. The van der Waals surface area contributed by atoms with Gasteiger partial charge in [-0.05, 0) is 25.2 Å². The molecule has 0 aliphatic heterocycles. The smallest absolute Gasteiger partial charge is 0.317 e. The molecule has 0 rings (SSSR count). The van der Waals surface area contributed by atoms with Crippen LogP contribution in [-0.4, -0.2) is 41.6 Å². The third kappa shape index (κ3) is 7.70. The van der Waals surface area contributed by atoms with Crippen molar-refractivity contribution in [1.82, 2.24) is 10.2 Å². The average molecular weight is 272 g/mol. The number of urea groups is 1. The largest absolute Gasteiger partial charge is 0.481 e. The van der Waals surface area contributed by atoms with Gasteiger partial charge in [-0.1, -0.05) is 27.2 Å². The van der Waals surface area contributed by atoms with Crippen LogP contribution in [0.2, 0.25) is 0 Å². The number of carbonyl (C=O) groups is 2. The Balaban J connectivity index is 4.17. The van der Waals surface area contributed by atoms with E-state index in [1.165, 1.54) is 0 Å². The molecule has 2 unspecified atom stereocenters. The van der Waals surface area contributed by atoms with Gasteiger partial charge >= 0.3 is 12.0 Å². The summed E-state index contributed by atoms with van der Waals surface area (Å²) in [6, 6.07) is 0.0524. The number of carbonyl (C=O) groups excluding carboxylic acids is 1. The van der Waals surface area contributed by atoms with Crippen LogP contribution in [-0.2, 0) is 4.79 Å². The van der Waals surface area contributed by atoms with Crippen molar-refractivity contribution < 1.29 is 14.7 Å². The van der Waals surface area contributed by atoms with E-state index < -0.39 is 5.97 Å². The van der Waals surface area contributed by atoms with Gasteiger partial charge in [0.2, 0.25) is 0 Å². The van der Waals surface area contributed by atoms with Gasteiger partial charge in [-0.15, -0.1) is 0 Å². The Hall–Kier alpha value is -1.26. The molecule has 0 aromatic heterocycles. The number of aliphatic carboxylic acids is 1. The van der Waals surface area contributed by atoms with E-state index in [4.69, 9.17) is 5.11 Å². The second-order valence-electron chi connectivity index (χ2n) is 5.65. The molecule has 0 aliphatic rings. The van der Waals surface area contributed by atoms with Crippen molar-refractivity contribution in [2.24, 2.45) is 11.8 Å². The van der Waals surface area contributed by atoms with Crippen molar-refractivity contribution in [3.63, 3.8) is 0 Å². The Morgan fingerprint density at radius 1 is 1.26 bits per heavy atom. The predicted octanol–water partition coefficient (Wildman–Crippen LogP) is 2.56. The third-order valence-corrected chi connectivity index (χ3v) is 3.38. The van der Waals surface area contributed by atoms with Gasteiger partial charge in [-0.2, -0.15) is 0 Å². The number of amides is 2. The van der Waals surface area contributed by atoms with E-state index in [1.807, 2.05) is 13.8 Å². The van der Waals surface area contributed by atoms with Crippen molar-refractivity contribution in [2.75, 3.05) is 13.6 Å². The van der Waals surface area contributed by atoms with Crippen molar-refractivity contribution in [1.29, 1.82) is 0 Å². The topological polar surface area (TPSA) is 69.6 Å². The van der Waals surface area contributed by atoms with Gasteiger partial charge in [0, 0.05) is 26.1 Å². The Bertz CT molecular complexity index is 292. The Labute approximate surface area is 116 Å². The highest BCUT2D eigenvalue weighted by atomic mass is 16.4. The lowest BCUT2D eigenvalue weighted by molar-refractivity contribution is -0.138. The number of carboxylic acids is 1. The van der Waals surface area contributed by atoms with E-state index in [0.29, 0.717) is 12.5 Å². The Morgan fingerprint density at radius 3 is 2.26 bits per heavy atom. The first-order chi connectivity index (χ1) is 8.77.